The van der Waals surface area contributed by atoms with Crippen LogP contribution in [0.2, 0.25) is 10.3 Å². The van der Waals surface area contributed by atoms with E-state index >= 15 is 0 Å². The monoisotopic (exact) mass is 243 g/mol. The minimum Gasteiger partial charge on any atom is -0.225 e. The molecule has 7 heteroatoms. The second kappa shape index (κ2) is 3.75. The highest BCUT2D eigenvalue weighted by atomic mass is 35.5. The molecule has 0 atom stereocenters. The van der Waals surface area contributed by atoms with E-state index in [1.807, 2.05) is 6.92 Å². The summed E-state index contributed by atoms with van der Waals surface area (Å²) in [5.74, 6) is 1.79. The van der Waals surface area contributed by atoms with Crippen LogP contribution in [0, 0.1) is 13.8 Å². The van der Waals surface area contributed by atoms with Crippen molar-refractivity contribution in [3.8, 4) is 5.82 Å². The average Bonchev–Trinajstić information content (AvgIpc) is 2.50. The van der Waals surface area contributed by atoms with Crippen molar-refractivity contribution in [3.05, 3.63) is 28.2 Å². The number of halogens is 2. The molecule has 2 aromatic rings. The summed E-state index contributed by atoms with van der Waals surface area (Å²) < 4.78 is 1.53. The van der Waals surface area contributed by atoms with E-state index in [9.17, 15) is 0 Å². The largest absolute Gasteiger partial charge is 0.225 e. The summed E-state index contributed by atoms with van der Waals surface area (Å²) in [4.78, 5) is 11.9. The van der Waals surface area contributed by atoms with Gasteiger partial charge in [0.05, 0.1) is 6.20 Å². The first-order valence-electron chi connectivity index (χ1n) is 4.16. The van der Waals surface area contributed by atoms with Gasteiger partial charge < -0.3 is 0 Å². The highest BCUT2D eigenvalue weighted by Gasteiger charge is 2.11. The maximum atomic E-state index is 5.94. The second-order valence-electron chi connectivity index (χ2n) is 2.93. The minimum atomic E-state index is 0.127. The van der Waals surface area contributed by atoms with Crippen LogP contribution in [-0.4, -0.2) is 24.7 Å². The summed E-state index contributed by atoms with van der Waals surface area (Å²) in [5, 5.41) is 4.66. The van der Waals surface area contributed by atoms with E-state index in [-0.39, 0.29) is 5.28 Å². The van der Waals surface area contributed by atoms with Crippen molar-refractivity contribution in [1.82, 2.24) is 24.7 Å². The maximum Gasteiger partial charge on any atom is 0.224 e. The highest BCUT2D eigenvalue weighted by Crippen LogP contribution is 2.18. The van der Waals surface area contributed by atoms with Gasteiger partial charge in [-0.05, 0) is 25.4 Å². The Balaban J connectivity index is 2.62. The maximum absolute atomic E-state index is 5.94. The Morgan fingerprint density at radius 1 is 1.20 bits per heavy atom. The number of hydrogen-bond donors (Lipinski definition) is 0. The first kappa shape index (κ1) is 10.3. The number of rotatable bonds is 1. The van der Waals surface area contributed by atoms with Crippen molar-refractivity contribution in [1.29, 1.82) is 0 Å². The van der Waals surface area contributed by atoms with Gasteiger partial charge in [0, 0.05) is 0 Å². The molecule has 2 aromatic heterocycles. The minimum absolute atomic E-state index is 0.127. The lowest BCUT2D eigenvalue weighted by Crippen LogP contribution is -2.04. The van der Waals surface area contributed by atoms with Gasteiger partial charge in [-0.2, -0.15) is 9.67 Å². The Bertz CT molecular complexity index is 508. The standard InChI is InChI=1S/C8H7Cl2N5/c1-4-12-5(2)15(14-4)7-6(9)3-11-8(10)13-7/h3H,1-2H3. The summed E-state index contributed by atoms with van der Waals surface area (Å²) >= 11 is 11.6. The van der Waals surface area contributed by atoms with Gasteiger partial charge in [0.1, 0.15) is 16.7 Å². The first-order chi connectivity index (χ1) is 7.08. The van der Waals surface area contributed by atoms with Gasteiger partial charge in [0.15, 0.2) is 5.82 Å². The average molecular weight is 244 g/mol. The fourth-order valence-corrected chi connectivity index (χ4v) is 1.51. The lowest BCUT2D eigenvalue weighted by molar-refractivity contribution is 0.798. The molecule has 0 spiro atoms. The smallest absolute Gasteiger partial charge is 0.224 e. The van der Waals surface area contributed by atoms with E-state index in [4.69, 9.17) is 23.2 Å². The fourth-order valence-electron chi connectivity index (χ4n) is 1.21. The van der Waals surface area contributed by atoms with Crippen molar-refractivity contribution >= 4 is 23.2 Å². The Morgan fingerprint density at radius 3 is 2.53 bits per heavy atom. The van der Waals surface area contributed by atoms with Crippen LogP contribution in [0.4, 0.5) is 0 Å². The SMILES string of the molecule is Cc1nc(C)n(-c2nc(Cl)ncc2Cl)n1. The van der Waals surface area contributed by atoms with E-state index in [1.54, 1.807) is 6.92 Å². The fraction of sp³-hybridized carbons (Fsp3) is 0.250. The van der Waals surface area contributed by atoms with Crippen molar-refractivity contribution in [2.24, 2.45) is 0 Å². The van der Waals surface area contributed by atoms with E-state index in [0.29, 0.717) is 22.5 Å². The summed E-state index contributed by atoms with van der Waals surface area (Å²) in [6.45, 7) is 3.60. The van der Waals surface area contributed by atoms with Crippen LogP contribution in [0.1, 0.15) is 11.6 Å². The predicted octanol–water partition coefficient (Wildman–Crippen LogP) is 1.98. The molecule has 78 valence electrons. The molecular weight excluding hydrogens is 237 g/mol. The molecule has 0 saturated heterocycles. The normalized spacial score (nSPS) is 10.7. The quantitative estimate of drug-likeness (QED) is 0.719. The van der Waals surface area contributed by atoms with Crippen LogP contribution in [0.15, 0.2) is 6.20 Å². The van der Waals surface area contributed by atoms with Crippen molar-refractivity contribution < 1.29 is 0 Å². The van der Waals surface area contributed by atoms with Crippen LogP contribution >= 0.6 is 23.2 Å². The molecule has 0 fully saturated rings. The van der Waals surface area contributed by atoms with Crippen LogP contribution < -0.4 is 0 Å². The Hall–Kier alpha value is -1.20. The summed E-state index contributed by atoms with van der Waals surface area (Å²) in [6, 6.07) is 0. The molecule has 15 heavy (non-hydrogen) atoms. The Labute approximate surface area is 96.1 Å². The number of aromatic nitrogens is 5. The molecular formula is C8H7Cl2N5. The molecule has 0 unspecified atom stereocenters. The molecule has 5 nitrogen and oxygen atoms in total. The van der Waals surface area contributed by atoms with Gasteiger partial charge in [-0.15, -0.1) is 5.10 Å². The molecule has 0 aliphatic carbocycles. The Morgan fingerprint density at radius 2 is 1.93 bits per heavy atom. The Kier molecular flexibility index (Phi) is 2.58. The lowest BCUT2D eigenvalue weighted by Gasteiger charge is -2.03. The molecule has 2 heterocycles. The zero-order valence-electron chi connectivity index (χ0n) is 8.07. The zero-order valence-corrected chi connectivity index (χ0v) is 9.58. The molecule has 0 aliphatic heterocycles. The summed E-state index contributed by atoms with van der Waals surface area (Å²) in [5.41, 5.74) is 0. The number of hydrogen-bond acceptors (Lipinski definition) is 4. The molecule has 0 aliphatic rings. The molecule has 0 saturated carbocycles. The van der Waals surface area contributed by atoms with E-state index in [1.165, 1.54) is 10.9 Å². The van der Waals surface area contributed by atoms with Crippen LogP contribution in [-0.2, 0) is 0 Å². The van der Waals surface area contributed by atoms with E-state index in [0.717, 1.165) is 0 Å². The first-order valence-corrected chi connectivity index (χ1v) is 4.92. The third-order valence-corrected chi connectivity index (χ3v) is 2.22. The lowest BCUT2D eigenvalue weighted by atomic mass is 10.5. The third-order valence-electron chi connectivity index (χ3n) is 1.77. The predicted molar refractivity (Wildman–Crippen MR) is 56.4 cm³/mol. The van der Waals surface area contributed by atoms with Gasteiger partial charge in [0.2, 0.25) is 5.28 Å². The third kappa shape index (κ3) is 1.93. The van der Waals surface area contributed by atoms with Crippen molar-refractivity contribution in [2.75, 3.05) is 0 Å². The van der Waals surface area contributed by atoms with Crippen LogP contribution in [0.25, 0.3) is 5.82 Å². The van der Waals surface area contributed by atoms with Gasteiger partial charge in [-0.25, -0.2) is 9.97 Å². The molecule has 0 N–H and O–H groups in total. The zero-order chi connectivity index (χ0) is 11.0. The van der Waals surface area contributed by atoms with Gasteiger partial charge in [-0.3, -0.25) is 0 Å². The molecule has 0 amide bonds. The topological polar surface area (TPSA) is 56.5 Å². The van der Waals surface area contributed by atoms with E-state index in [2.05, 4.69) is 20.1 Å². The summed E-state index contributed by atoms with van der Waals surface area (Å²) in [6.07, 6.45) is 1.43. The van der Waals surface area contributed by atoms with Gasteiger partial charge in [-0.1, -0.05) is 11.6 Å². The van der Waals surface area contributed by atoms with E-state index < -0.39 is 0 Å². The van der Waals surface area contributed by atoms with Gasteiger partial charge in [0.25, 0.3) is 0 Å². The second-order valence-corrected chi connectivity index (χ2v) is 3.67. The number of nitrogens with zero attached hydrogens (tertiary/aromatic N) is 5. The van der Waals surface area contributed by atoms with Crippen LogP contribution in [0.5, 0.6) is 0 Å². The molecule has 2 rings (SSSR count). The molecule has 0 radical (unpaired) electrons. The number of aryl methyl sites for hydroxylation is 2. The van der Waals surface area contributed by atoms with Gasteiger partial charge >= 0.3 is 0 Å². The highest BCUT2D eigenvalue weighted by molar-refractivity contribution is 6.32. The summed E-state index contributed by atoms with van der Waals surface area (Å²) in [7, 11) is 0. The van der Waals surface area contributed by atoms with Crippen LogP contribution in [0.3, 0.4) is 0 Å². The van der Waals surface area contributed by atoms with Crippen molar-refractivity contribution in [2.45, 2.75) is 13.8 Å². The van der Waals surface area contributed by atoms with Crippen molar-refractivity contribution in [3.63, 3.8) is 0 Å². The molecule has 0 aromatic carbocycles. The molecule has 0 bridgehead atoms.